The first kappa shape index (κ1) is 19.9. The Balaban J connectivity index is 2.04. The maximum absolute atomic E-state index is 14.1. The summed E-state index contributed by atoms with van der Waals surface area (Å²) >= 11 is 1.70. The molecule has 0 bridgehead atoms. The van der Waals surface area contributed by atoms with Crippen LogP contribution in [0.25, 0.3) is 0 Å². The van der Waals surface area contributed by atoms with Crippen molar-refractivity contribution < 1.29 is 23.1 Å². The first-order valence-corrected chi connectivity index (χ1v) is 9.08. The van der Waals surface area contributed by atoms with Crippen LogP contribution in [-0.4, -0.2) is 41.6 Å². The van der Waals surface area contributed by atoms with Gasteiger partial charge in [-0.3, -0.25) is 4.79 Å². The van der Waals surface area contributed by atoms with E-state index in [0.717, 1.165) is 6.07 Å². The molecule has 1 atom stereocenters. The van der Waals surface area contributed by atoms with Crippen LogP contribution in [-0.2, 0) is 4.74 Å². The van der Waals surface area contributed by atoms with Gasteiger partial charge in [-0.25, -0.2) is 13.6 Å². The van der Waals surface area contributed by atoms with Crippen molar-refractivity contribution in [1.82, 2.24) is 10.2 Å². The fourth-order valence-electron chi connectivity index (χ4n) is 2.58. The van der Waals surface area contributed by atoms with Crippen LogP contribution in [0.5, 0.6) is 0 Å². The summed E-state index contributed by atoms with van der Waals surface area (Å²) in [6, 6.07) is 1.95. The zero-order valence-electron chi connectivity index (χ0n) is 14.4. The molecule has 1 aromatic rings. The van der Waals surface area contributed by atoms with Crippen LogP contribution in [0.15, 0.2) is 12.1 Å². The Kier molecular flexibility index (Phi) is 6.23. The van der Waals surface area contributed by atoms with E-state index in [-0.39, 0.29) is 16.2 Å². The summed E-state index contributed by atoms with van der Waals surface area (Å²) in [4.78, 5) is 25.9. The lowest BCUT2D eigenvalue weighted by Crippen LogP contribution is -2.50. The number of hydrogen-bond donors (Lipinski definition) is 1. The number of amides is 2. The molecule has 0 aromatic heterocycles. The second kappa shape index (κ2) is 7.84. The minimum atomic E-state index is -0.907. The van der Waals surface area contributed by atoms with E-state index in [1.54, 1.807) is 43.4 Å². The molecule has 1 aromatic carbocycles. The fraction of sp³-hybridized carbons (Fsp3) is 0.529. The number of nitrogens with zero attached hydrogens (tertiary/aromatic N) is 1. The van der Waals surface area contributed by atoms with Crippen molar-refractivity contribution >= 4 is 34.6 Å². The van der Waals surface area contributed by atoms with E-state index in [9.17, 15) is 18.4 Å². The van der Waals surface area contributed by atoms with Crippen LogP contribution in [0.3, 0.4) is 0 Å². The van der Waals surface area contributed by atoms with Gasteiger partial charge >= 0.3 is 6.09 Å². The van der Waals surface area contributed by atoms with Crippen molar-refractivity contribution in [3.63, 3.8) is 0 Å². The quantitative estimate of drug-likeness (QED) is 0.535. The number of hydrogen-bond acceptors (Lipinski definition) is 3. The molecule has 8 heteroatoms. The molecule has 0 saturated carbocycles. The Morgan fingerprint density at radius 3 is 2.64 bits per heavy atom. The van der Waals surface area contributed by atoms with E-state index in [0.29, 0.717) is 19.4 Å². The molecule has 0 unspecified atom stereocenters. The van der Waals surface area contributed by atoms with Gasteiger partial charge in [0.05, 0.1) is 0 Å². The third-order valence-corrected chi connectivity index (χ3v) is 4.51. The molecule has 1 heterocycles. The van der Waals surface area contributed by atoms with E-state index < -0.39 is 34.8 Å². The largest absolute Gasteiger partial charge is 0.444 e. The molecule has 5 nitrogen and oxygen atoms in total. The number of rotatable bonds is 2. The average molecular weight is 466 g/mol. The molecule has 1 saturated heterocycles. The van der Waals surface area contributed by atoms with E-state index in [1.165, 1.54) is 11.0 Å². The van der Waals surface area contributed by atoms with Crippen LogP contribution in [0.2, 0.25) is 0 Å². The summed E-state index contributed by atoms with van der Waals surface area (Å²) in [5, 5.41) is 2.62. The maximum atomic E-state index is 14.1. The Morgan fingerprint density at radius 2 is 2.00 bits per heavy atom. The van der Waals surface area contributed by atoms with Gasteiger partial charge in [0.15, 0.2) is 5.82 Å². The number of halogens is 3. The summed E-state index contributed by atoms with van der Waals surface area (Å²) < 4.78 is 33.4. The molecule has 1 N–H and O–H groups in total. The van der Waals surface area contributed by atoms with Crippen LogP contribution < -0.4 is 5.32 Å². The van der Waals surface area contributed by atoms with Gasteiger partial charge in [-0.15, -0.1) is 0 Å². The highest BCUT2D eigenvalue weighted by molar-refractivity contribution is 14.1. The molecule has 0 radical (unpaired) electrons. The minimum Gasteiger partial charge on any atom is -0.444 e. The lowest BCUT2D eigenvalue weighted by Gasteiger charge is -2.34. The number of piperidine rings is 1. The normalized spacial score (nSPS) is 18.0. The number of nitrogens with one attached hydrogen (secondary N) is 1. The molecule has 1 aliphatic rings. The highest BCUT2D eigenvalue weighted by atomic mass is 127. The van der Waals surface area contributed by atoms with Gasteiger partial charge in [-0.1, -0.05) is 0 Å². The van der Waals surface area contributed by atoms with Crippen molar-refractivity contribution in [3.8, 4) is 0 Å². The van der Waals surface area contributed by atoms with Crippen LogP contribution in [0, 0.1) is 15.2 Å². The van der Waals surface area contributed by atoms with Gasteiger partial charge < -0.3 is 15.0 Å². The van der Waals surface area contributed by atoms with E-state index in [1.807, 2.05) is 0 Å². The molecular formula is C17H21F2IN2O3. The van der Waals surface area contributed by atoms with Gasteiger partial charge in [0, 0.05) is 22.7 Å². The zero-order valence-corrected chi connectivity index (χ0v) is 16.5. The summed E-state index contributed by atoms with van der Waals surface area (Å²) in [5.74, 6) is -2.60. The maximum Gasteiger partial charge on any atom is 0.410 e. The molecule has 25 heavy (non-hydrogen) atoms. The molecule has 2 rings (SSSR count). The molecule has 1 fully saturated rings. The van der Waals surface area contributed by atoms with Crippen LogP contribution >= 0.6 is 22.6 Å². The van der Waals surface area contributed by atoms with E-state index >= 15 is 0 Å². The average Bonchev–Trinajstić information content (AvgIpc) is 2.50. The molecular weight excluding hydrogens is 445 g/mol. The standard InChI is InChI=1S/C17H21F2IN2O3/c1-17(2,3)25-16(24)22-8-4-5-10(9-22)21-15(23)13-11(18)6-7-12(20)14(13)19/h6-7,10H,4-5,8-9H2,1-3H3,(H,21,23)/t10-/m1/s1. The summed E-state index contributed by atoms with van der Waals surface area (Å²) in [5.41, 5.74) is -1.21. The monoisotopic (exact) mass is 466 g/mol. The SMILES string of the molecule is CC(C)(C)OC(=O)N1CCC[C@@H](NC(=O)c2c(F)ccc(I)c2F)C1. The van der Waals surface area contributed by atoms with Crippen molar-refractivity contribution in [2.24, 2.45) is 0 Å². The Morgan fingerprint density at radius 1 is 1.32 bits per heavy atom. The van der Waals surface area contributed by atoms with E-state index in [2.05, 4.69) is 5.32 Å². The number of benzene rings is 1. The highest BCUT2D eigenvalue weighted by Gasteiger charge is 2.29. The number of carbonyl (C=O) groups is 2. The topological polar surface area (TPSA) is 58.6 Å². The summed E-state index contributed by atoms with van der Waals surface area (Å²) in [7, 11) is 0. The van der Waals surface area contributed by atoms with Gasteiger partial charge in [-0.2, -0.15) is 0 Å². The first-order valence-electron chi connectivity index (χ1n) is 8.01. The molecule has 138 valence electrons. The molecule has 0 aliphatic carbocycles. The van der Waals surface area contributed by atoms with Crippen molar-refractivity contribution in [1.29, 1.82) is 0 Å². The second-order valence-electron chi connectivity index (χ2n) is 6.96. The van der Waals surface area contributed by atoms with Gasteiger partial charge in [-0.05, 0) is 68.3 Å². The second-order valence-corrected chi connectivity index (χ2v) is 8.12. The van der Waals surface area contributed by atoms with Crippen molar-refractivity contribution in [2.45, 2.75) is 45.3 Å². The third-order valence-electron chi connectivity index (χ3n) is 3.68. The van der Waals surface area contributed by atoms with Gasteiger partial charge in [0.2, 0.25) is 0 Å². The van der Waals surface area contributed by atoms with Gasteiger partial charge in [0.25, 0.3) is 5.91 Å². The molecule has 1 aliphatic heterocycles. The fourth-order valence-corrected chi connectivity index (χ4v) is 3.03. The van der Waals surface area contributed by atoms with Crippen molar-refractivity contribution in [3.05, 3.63) is 32.9 Å². The molecule has 0 spiro atoms. The summed E-state index contributed by atoms with van der Waals surface area (Å²) in [6.07, 6.45) is 0.831. The number of carbonyl (C=O) groups excluding carboxylic acids is 2. The predicted molar refractivity (Wildman–Crippen MR) is 97.4 cm³/mol. The lowest BCUT2D eigenvalue weighted by molar-refractivity contribution is 0.0185. The van der Waals surface area contributed by atoms with Crippen molar-refractivity contribution in [2.75, 3.05) is 13.1 Å². The Hall–Kier alpha value is -1.45. The highest BCUT2D eigenvalue weighted by Crippen LogP contribution is 2.20. The van der Waals surface area contributed by atoms with Gasteiger partial charge in [0.1, 0.15) is 17.0 Å². The minimum absolute atomic E-state index is 0.170. The summed E-state index contributed by atoms with van der Waals surface area (Å²) in [6.45, 7) is 6.09. The lowest BCUT2D eigenvalue weighted by atomic mass is 10.1. The Bertz CT molecular complexity index is 677. The third kappa shape index (κ3) is 5.26. The predicted octanol–water partition coefficient (Wildman–Crippen LogP) is 3.70. The number of ether oxygens (including phenoxy) is 1. The first-order chi connectivity index (χ1) is 11.6. The molecule has 2 amide bonds. The van der Waals surface area contributed by atoms with E-state index in [4.69, 9.17) is 4.74 Å². The number of likely N-dealkylation sites (tertiary alicyclic amines) is 1. The smallest absolute Gasteiger partial charge is 0.410 e. The zero-order chi connectivity index (χ0) is 18.8. The van der Waals surface area contributed by atoms with Crippen LogP contribution in [0.4, 0.5) is 13.6 Å². The Labute approximate surface area is 159 Å². The van der Waals surface area contributed by atoms with Crippen LogP contribution in [0.1, 0.15) is 44.0 Å².